The second-order valence-electron chi connectivity index (χ2n) is 3.72. The maximum absolute atomic E-state index is 13.5. The van der Waals surface area contributed by atoms with Crippen LogP contribution in [-0.2, 0) is 6.32 Å². The Bertz CT molecular complexity index is 555. The quantitative estimate of drug-likeness (QED) is 0.468. The molecule has 0 bridgehead atoms. The molecule has 0 saturated heterocycles. The molecule has 0 aliphatic heterocycles. The minimum absolute atomic E-state index is 0.105. The van der Waals surface area contributed by atoms with Crippen molar-refractivity contribution in [2.24, 2.45) is 0 Å². The molecule has 2 nitrogen and oxygen atoms in total. The number of benzene rings is 2. The fourth-order valence-corrected chi connectivity index (χ4v) is 1.49. The smallest absolute Gasteiger partial charge is 0.343 e. The van der Waals surface area contributed by atoms with Gasteiger partial charge < -0.3 is 4.74 Å². The minimum Gasteiger partial charge on any atom is -0.420 e. The Labute approximate surface area is 106 Å². The fraction of sp³-hybridized carbons (Fsp3) is 0.0714. The SMILES string of the molecule is [B]Cc1ccc(F)c(OC(=O)c2ccccc2)c1. The summed E-state index contributed by atoms with van der Waals surface area (Å²) in [5, 5.41) is 0. The molecule has 2 rings (SSSR count). The Morgan fingerprint density at radius 3 is 2.56 bits per heavy atom. The van der Waals surface area contributed by atoms with Gasteiger partial charge in [-0.05, 0) is 24.3 Å². The van der Waals surface area contributed by atoms with Crippen molar-refractivity contribution < 1.29 is 13.9 Å². The molecule has 0 saturated carbocycles. The highest BCUT2D eigenvalue weighted by Gasteiger charge is 2.11. The van der Waals surface area contributed by atoms with Crippen molar-refractivity contribution >= 4 is 13.8 Å². The molecule has 0 aliphatic carbocycles. The first-order valence-corrected chi connectivity index (χ1v) is 5.46. The van der Waals surface area contributed by atoms with Gasteiger partial charge in [-0.1, -0.05) is 36.1 Å². The molecular weight excluding hydrogens is 230 g/mol. The average Bonchev–Trinajstić information content (AvgIpc) is 2.42. The summed E-state index contributed by atoms with van der Waals surface area (Å²) in [5.41, 5.74) is 1.07. The molecule has 0 aliphatic rings. The van der Waals surface area contributed by atoms with Crippen molar-refractivity contribution in [1.82, 2.24) is 0 Å². The summed E-state index contributed by atoms with van der Waals surface area (Å²) < 4.78 is 18.5. The molecule has 88 valence electrons. The third-order valence-corrected chi connectivity index (χ3v) is 2.44. The largest absolute Gasteiger partial charge is 0.420 e. The normalized spacial score (nSPS) is 10.1. The lowest BCUT2D eigenvalue weighted by molar-refractivity contribution is 0.0728. The van der Waals surface area contributed by atoms with Crippen LogP contribution in [-0.4, -0.2) is 13.8 Å². The molecular formula is C14H10BFO2. The first-order chi connectivity index (χ1) is 8.70. The highest BCUT2D eigenvalue weighted by molar-refractivity contribution is 6.08. The maximum Gasteiger partial charge on any atom is 0.343 e. The van der Waals surface area contributed by atoms with Crippen LogP contribution >= 0.6 is 0 Å². The monoisotopic (exact) mass is 240 g/mol. The van der Waals surface area contributed by atoms with E-state index in [0.29, 0.717) is 11.1 Å². The van der Waals surface area contributed by atoms with E-state index in [2.05, 4.69) is 0 Å². The van der Waals surface area contributed by atoms with Gasteiger partial charge in [-0.2, -0.15) is 0 Å². The number of ether oxygens (including phenoxy) is 1. The van der Waals surface area contributed by atoms with E-state index in [4.69, 9.17) is 12.6 Å². The van der Waals surface area contributed by atoms with E-state index in [1.165, 1.54) is 12.1 Å². The van der Waals surface area contributed by atoms with Crippen LogP contribution in [0.4, 0.5) is 4.39 Å². The van der Waals surface area contributed by atoms with Crippen molar-refractivity contribution in [3.63, 3.8) is 0 Å². The molecule has 2 aromatic rings. The summed E-state index contributed by atoms with van der Waals surface area (Å²) in [6, 6.07) is 12.6. The van der Waals surface area contributed by atoms with E-state index in [1.54, 1.807) is 36.4 Å². The van der Waals surface area contributed by atoms with Crippen LogP contribution in [0.15, 0.2) is 48.5 Å². The summed E-state index contributed by atoms with van der Waals surface area (Å²) in [5.74, 6) is -1.29. The lowest BCUT2D eigenvalue weighted by atomic mass is 9.97. The molecule has 4 heteroatoms. The van der Waals surface area contributed by atoms with Crippen LogP contribution in [0, 0.1) is 5.82 Å². The van der Waals surface area contributed by atoms with Crippen LogP contribution in [0.5, 0.6) is 5.75 Å². The van der Waals surface area contributed by atoms with Gasteiger partial charge in [0.05, 0.1) is 13.4 Å². The Hall–Kier alpha value is -2.10. The lowest BCUT2D eigenvalue weighted by Crippen LogP contribution is -2.09. The van der Waals surface area contributed by atoms with E-state index in [9.17, 15) is 9.18 Å². The zero-order valence-corrected chi connectivity index (χ0v) is 9.60. The average molecular weight is 240 g/mol. The molecule has 0 amide bonds. The molecule has 0 N–H and O–H groups in total. The first kappa shape index (κ1) is 12.4. The lowest BCUT2D eigenvalue weighted by Gasteiger charge is -2.07. The number of esters is 1. The highest BCUT2D eigenvalue weighted by Crippen LogP contribution is 2.20. The Morgan fingerprint density at radius 1 is 1.17 bits per heavy atom. The van der Waals surface area contributed by atoms with Crippen molar-refractivity contribution in [1.29, 1.82) is 0 Å². The van der Waals surface area contributed by atoms with E-state index in [1.807, 2.05) is 0 Å². The van der Waals surface area contributed by atoms with E-state index in [0.717, 1.165) is 0 Å². The minimum atomic E-state index is -0.594. The number of halogens is 1. The van der Waals surface area contributed by atoms with Gasteiger partial charge in [0.15, 0.2) is 11.6 Å². The Morgan fingerprint density at radius 2 is 1.89 bits per heavy atom. The standard InChI is InChI=1S/C14H10BFO2/c15-9-10-6-7-12(16)13(8-10)18-14(17)11-4-2-1-3-5-11/h1-8H,9H2. The van der Waals surface area contributed by atoms with Crippen molar-refractivity contribution in [3.8, 4) is 5.75 Å². The second kappa shape index (κ2) is 5.49. The van der Waals surface area contributed by atoms with Gasteiger partial charge in [-0.15, -0.1) is 0 Å². The van der Waals surface area contributed by atoms with Crippen LogP contribution in [0.3, 0.4) is 0 Å². The topological polar surface area (TPSA) is 26.3 Å². The van der Waals surface area contributed by atoms with Gasteiger partial charge in [0.1, 0.15) is 0 Å². The Balaban J connectivity index is 2.21. The van der Waals surface area contributed by atoms with Crippen molar-refractivity contribution in [2.45, 2.75) is 6.32 Å². The third-order valence-electron chi connectivity index (χ3n) is 2.44. The number of hydrogen-bond acceptors (Lipinski definition) is 2. The van der Waals surface area contributed by atoms with Gasteiger partial charge in [-0.25, -0.2) is 9.18 Å². The number of hydrogen-bond donors (Lipinski definition) is 0. The molecule has 0 spiro atoms. The first-order valence-electron chi connectivity index (χ1n) is 5.46. The predicted octanol–water partition coefficient (Wildman–Crippen LogP) is 2.71. The fourth-order valence-electron chi connectivity index (χ4n) is 1.49. The molecule has 2 aromatic carbocycles. The zero-order chi connectivity index (χ0) is 13.0. The highest BCUT2D eigenvalue weighted by atomic mass is 19.1. The number of carbonyl (C=O) groups is 1. The van der Waals surface area contributed by atoms with Crippen LogP contribution in [0.1, 0.15) is 15.9 Å². The van der Waals surface area contributed by atoms with Crippen molar-refractivity contribution in [2.75, 3.05) is 0 Å². The van der Waals surface area contributed by atoms with Crippen LogP contribution < -0.4 is 4.74 Å². The van der Waals surface area contributed by atoms with Gasteiger partial charge in [-0.3, -0.25) is 0 Å². The van der Waals surface area contributed by atoms with Gasteiger partial charge in [0, 0.05) is 0 Å². The van der Waals surface area contributed by atoms with Gasteiger partial charge >= 0.3 is 5.97 Å². The number of carbonyl (C=O) groups excluding carboxylic acids is 1. The molecule has 0 heterocycles. The van der Waals surface area contributed by atoms with Crippen molar-refractivity contribution in [3.05, 3.63) is 65.5 Å². The summed E-state index contributed by atoms with van der Waals surface area (Å²) in [6.07, 6.45) is 0.260. The zero-order valence-electron chi connectivity index (χ0n) is 9.60. The van der Waals surface area contributed by atoms with E-state index < -0.39 is 11.8 Å². The molecule has 2 radical (unpaired) electrons. The molecule has 18 heavy (non-hydrogen) atoms. The molecule has 0 aromatic heterocycles. The summed E-state index contributed by atoms with van der Waals surface area (Å²) in [4.78, 5) is 11.7. The number of rotatable bonds is 3. The van der Waals surface area contributed by atoms with Crippen LogP contribution in [0.25, 0.3) is 0 Å². The van der Waals surface area contributed by atoms with E-state index >= 15 is 0 Å². The second-order valence-corrected chi connectivity index (χ2v) is 3.72. The van der Waals surface area contributed by atoms with Gasteiger partial charge in [0.25, 0.3) is 0 Å². The summed E-state index contributed by atoms with van der Waals surface area (Å²) in [7, 11) is 5.45. The summed E-state index contributed by atoms with van der Waals surface area (Å²) in [6.45, 7) is 0. The van der Waals surface area contributed by atoms with Gasteiger partial charge in [0.2, 0.25) is 0 Å². The molecule has 0 unspecified atom stereocenters. The maximum atomic E-state index is 13.5. The third kappa shape index (κ3) is 2.77. The Kier molecular flexibility index (Phi) is 3.77. The molecule has 0 fully saturated rings. The predicted molar refractivity (Wildman–Crippen MR) is 67.3 cm³/mol. The summed E-state index contributed by atoms with van der Waals surface area (Å²) >= 11 is 0. The molecule has 0 atom stereocenters. The van der Waals surface area contributed by atoms with E-state index in [-0.39, 0.29) is 12.1 Å². The van der Waals surface area contributed by atoms with Crippen LogP contribution in [0.2, 0.25) is 0 Å².